The number of nitrogens with one attached hydrogen (secondary N) is 1. The van der Waals surface area contributed by atoms with Crippen molar-refractivity contribution in [2.24, 2.45) is 5.73 Å². The number of nitrogens with zero attached hydrogens (tertiary/aromatic N) is 1. The minimum atomic E-state index is -0.625. The Labute approximate surface area is 268 Å². The van der Waals surface area contributed by atoms with E-state index in [0.717, 1.165) is 59.3 Å². The highest BCUT2D eigenvalue weighted by atomic mass is 16.5. The Balaban J connectivity index is 0.00000133. The molecular weight excluding hydrogens is 562 g/mol. The van der Waals surface area contributed by atoms with Crippen LogP contribution in [0.15, 0.2) is 103 Å². The zero-order valence-electron chi connectivity index (χ0n) is 26.9. The molecule has 1 saturated heterocycles. The molecule has 4 aromatic carbocycles. The lowest BCUT2D eigenvalue weighted by molar-refractivity contribution is -0.150. The summed E-state index contributed by atoms with van der Waals surface area (Å²) in [5, 5.41) is 10.0. The number of aliphatic hydroxyl groups excluding tert-OH is 1. The van der Waals surface area contributed by atoms with E-state index in [-0.39, 0.29) is 11.8 Å². The number of unbranched alkanes of at least 4 members (excludes halogenated alkanes) is 1. The maximum absolute atomic E-state index is 13.8. The van der Waals surface area contributed by atoms with Crippen molar-refractivity contribution >= 4 is 11.8 Å². The van der Waals surface area contributed by atoms with Gasteiger partial charge in [0.25, 0.3) is 0 Å². The van der Waals surface area contributed by atoms with Gasteiger partial charge in [0.2, 0.25) is 11.8 Å². The molecule has 0 unspecified atom stereocenters. The van der Waals surface area contributed by atoms with Gasteiger partial charge in [-0.2, -0.15) is 0 Å². The molecular formula is C38H47N3O4. The quantitative estimate of drug-likeness (QED) is 0.165. The van der Waals surface area contributed by atoms with Crippen LogP contribution < -0.4 is 15.8 Å². The van der Waals surface area contributed by atoms with E-state index in [4.69, 9.17) is 15.6 Å². The lowest BCUT2D eigenvalue weighted by Gasteiger charge is -2.39. The minimum absolute atomic E-state index is 0.0606. The van der Waals surface area contributed by atoms with Gasteiger partial charge in [0.05, 0.1) is 0 Å². The summed E-state index contributed by atoms with van der Waals surface area (Å²) >= 11 is 0. The van der Waals surface area contributed by atoms with Gasteiger partial charge in [-0.05, 0) is 84.8 Å². The predicted octanol–water partition coefficient (Wildman–Crippen LogP) is 6.66. The van der Waals surface area contributed by atoms with Gasteiger partial charge >= 0.3 is 0 Å². The molecule has 45 heavy (non-hydrogen) atoms. The smallest absolute Gasteiger partial charge is 0.246 e. The average molecular weight is 610 g/mol. The molecule has 4 aromatic rings. The highest BCUT2D eigenvalue weighted by Crippen LogP contribution is 2.26. The first-order chi connectivity index (χ1) is 22.0. The van der Waals surface area contributed by atoms with Crippen LogP contribution in [0.3, 0.4) is 0 Å². The van der Waals surface area contributed by atoms with E-state index in [1.807, 2.05) is 99.6 Å². The lowest BCUT2D eigenvalue weighted by Crippen LogP contribution is -2.63. The van der Waals surface area contributed by atoms with Crippen LogP contribution in [0.2, 0.25) is 0 Å². The Morgan fingerprint density at radius 2 is 1.42 bits per heavy atom. The maximum Gasteiger partial charge on any atom is 0.246 e. The zero-order chi connectivity index (χ0) is 32.6. The summed E-state index contributed by atoms with van der Waals surface area (Å²) in [6.45, 7) is 6.97. The summed E-state index contributed by atoms with van der Waals surface area (Å²) < 4.78 is 5.97. The number of rotatable bonds is 11. The number of amides is 2. The van der Waals surface area contributed by atoms with Gasteiger partial charge in [0.15, 0.2) is 0 Å². The minimum Gasteiger partial charge on any atom is -0.457 e. The van der Waals surface area contributed by atoms with Crippen molar-refractivity contribution in [1.82, 2.24) is 10.2 Å². The van der Waals surface area contributed by atoms with Crippen molar-refractivity contribution in [2.75, 3.05) is 13.7 Å². The Morgan fingerprint density at radius 3 is 2.07 bits per heavy atom. The van der Waals surface area contributed by atoms with E-state index in [2.05, 4.69) is 29.6 Å². The first-order valence-corrected chi connectivity index (χ1v) is 15.7. The standard InChI is InChI=1S/C35H37N3O3.C2H6.CH4O/c1-25-8-7-11-31(22-25)41-30-19-15-26(16-20-30)23-32-35(40)38(33(34(39)37-32)12-5-6-21-36)24-27-13-17-29(18-14-27)28-9-3-2-4-10-28;2*1-2/h2-4,7-11,13-20,22,32-33H,5-6,12,21,23-24,36H2,1H3,(H,37,39);1-2H3;2H,1H3/t32-,33-;;/m0../s1. The highest BCUT2D eigenvalue weighted by Gasteiger charge is 2.40. The topological polar surface area (TPSA) is 105 Å². The van der Waals surface area contributed by atoms with Crippen molar-refractivity contribution in [3.8, 4) is 22.6 Å². The van der Waals surface area contributed by atoms with Crippen LogP contribution in [-0.4, -0.2) is 47.6 Å². The number of hydrogen-bond donors (Lipinski definition) is 3. The molecule has 1 fully saturated rings. The summed E-state index contributed by atoms with van der Waals surface area (Å²) in [5.74, 6) is 1.33. The van der Waals surface area contributed by atoms with E-state index < -0.39 is 12.1 Å². The van der Waals surface area contributed by atoms with Crippen molar-refractivity contribution in [2.45, 2.75) is 65.1 Å². The number of benzene rings is 4. The van der Waals surface area contributed by atoms with Crippen molar-refractivity contribution in [1.29, 1.82) is 0 Å². The van der Waals surface area contributed by atoms with Gasteiger partial charge in [0, 0.05) is 20.1 Å². The third-order valence-electron chi connectivity index (χ3n) is 7.51. The van der Waals surface area contributed by atoms with Crippen LogP contribution in [-0.2, 0) is 22.6 Å². The Kier molecular flexibility index (Phi) is 14.3. The van der Waals surface area contributed by atoms with Gasteiger partial charge in [-0.15, -0.1) is 0 Å². The van der Waals surface area contributed by atoms with Crippen molar-refractivity contribution < 1.29 is 19.4 Å². The highest BCUT2D eigenvalue weighted by molar-refractivity contribution is 5.97. The molecule has 0 aromatic heterocycles. The maximum atomic E-state index is 13.8. The third-order valence-corrected chi connectivity index (χ3v) is 7.51. The molecule has 5 rings (SSSR count). The second-order valence-corrected chi connectivity index (χ2v) is 10.7. The first-order valence-electron chi connectivity index (χ1n) is 15.7. The average Bonchev–Trinajstić information content (AvgIpc) is 3.08. The molecule has 7 nitrogen and oxygen atoms in total. The van der Waals surface area contributed by atoms with E-state index in [1.165, 1.54) is 0 Å². The molecule has 0 saturated carbocycles. The summed E-state index contributed by atoms with van der Waals surface area (Å²) in [6.07, 6.45) is 2.61. The third kappa shape index (κ3) is 10.0. The van der Waals surface area contributed by atoms with Crippen LogP contribution in [0, 0.1) is 6.92 Å². The largest absolute Gasteiger partial charge is 0.457 e. The number of ether oxygens (including phenoxy) is 1. The van der Waals surface area contributed by atoms with Gasteiger partial charge in [-0.3, -0.25) is 9.59 Å². The predicted molar refractivity (Wildman–Crippen MR) is 182 cm³/mol. The van der Waals surface area contributed by atoms with Crippen LogP contribution in [0.4, 0.5) is 0 Å². The van der Waals surface area contributed by atoms with Gasteiger partial charge < -0.3 is 25.8 Å². The fourth-order valence-corrected chi connectivity index (χ4v) is 5.29. The summed E-state index contributed by atoms with van der Waals surface area (Å²) in [6, 6.07) is 32.9. The fraction of sp³-hybridized carbons (Fsp3) is 0.316. The molecule has 2 atom stereocenters. The molecule has 0 spiro atoms. The fourth-order valence-electron chi connectivity index (χ4n) is 5.29. The van der Waals surface area contributed by atoms with Crippen LogP contribution in [0.25, 0.3) is 11.1 Å². The number of carbonyl (C=O) groups is 2. The molecule has 1 aliphatic heterocycles. The van der Waals surface area contributed by atoms with Gasteiger partial charge in [0.1, 0.15) is 23.6 Å². The van der Waals surface area contributed by atoms with Crippen molar-refractivity contribution in [3.05, 3.63) is 120 Å². The zero-order valence-corrected chi connectivity index (χ0v) is 26.9. The molecule has 1 aliphatic rings. The van der Waals surface area contributed by atoms with E-state index in [1.54, 1.807) is 4.90 Å². The molecule has 0 bridgehead atoms. The van der Waals surface area contributed by atoms with Crippen LogP contribution in [0.1, 0.15) is 49.8 Å². The summed E-state index contributed by atoms with van der Waals surface area (Å²) in [7, 11) is 1.00. The number of nitrogens with two attached hydrogens (primary N) is 1. The molecule has 7 heteroatoms. The van der Waals surface area contributed by atoms with Gasteiger partial charge in [-0.1, -0.05) is 92.7 Å². The van der Waals surface area contributed by atoms with Crippen LogP contribution >= 0.6 is 0 Å². The normalized spacial score (nSPS) is 15.6. The molecule has 1 heterocycles. The Morgan fingerprint density at radius 1 is 0.778 bits per heavy atom. The first kappa shape index (κ1) is 35.0. The Bertz CT molecular complexity index is 1460. The van der Waals surface area contributed by atoms with Gasteiger partial charge in [-0.25, -0.2) is 0 Å². The Hall–Kier alpha value is -4.46. The van der Waals surface area contributed by atoms with Crippen LogP contribution in [0.5, 0.6) is 11.5 Å². The summed E-state index contributed by atoms with van der Waals surface area (Å²) in [4.78, 5) is 28.9. The van der Waals surface area contributed by atoms with E-state index in [0.29, 0.717) is 25.9 Å². The van der Waals surface area contributed by atoms with E-state index in [9.17, 15) is 9.59 Å². The number of hydrogen-bond acceptors (Lipinski definition) is 5. The number of aryl methyl sites for hydroxylation is 1. The monoisotopic (exact) mass is 609 g/mol. The van der Waals surface area contributed by atoms with Crippen molar-refractivity contribution in [3.63, 3.8) is 0 Å². The molecule has 4 N–H and O–H groups in total. The molecule has 238 valence electrons. The van der Waals surface area contributed by atoms with E-state index >= 15 is 0 Å². The second kappa shape index (κ2) is 18.4. The SMILES string of the molecule is CC.CO.Cc1cccc(Oc2ccc(C[C@@H]3NC(=O)[C@H](CCCCN)N(Cc4ccc(-c5ccccc5)cc4)C3=O)cc2)c1. The second-order valence-electron chi connectivity index (χ2n) is 10.7. The number of piperazine rings is 1. The number of aliphatic hydroxyl groups is 1. The number of carbonyl (C=O) groups excluding carboxylic acids is 2. The summed E-state index contributed by atoms with van der Waals surface area (Å²) in [5.41, 5.74) is 11.0. The molecule has 0 aliphatic carbocycles. The molecule has 2 amide bonds. The lowest BCUT2D eigenvalue weighted by atomic mass is 9.96. The molecule has 0 radical (unpaired) electrons.